The van der Waals surface area contributed by atoms with E-state index in [0.29, 0.717) is 6.42 Å². The van der Waals surface area contributed by atoms with Gasteiger partial charge >= 0.3 is 0 Å². The molecule has 2 aromatic rings. The number of rotatable bonds is 4. The van der Waals surface area contributed by atoms with Crippen molar-refractivity contribution in [1.82, 2.24) is 9.88 Å². The first-order chi connectivity index (χ1) is 12.2. The Morgan fingerprint density at radius 2 is 1.92 bits per heavy atom. The second-order valence-corrected chi connectivity index (χ2v) is 9.41. The Kier molecular flexibility index (Phi) is 4.80. The van der Waals surface area contributed by atoms with Crippen LogP contribution in [0.4, 0.5) is 0 Å². The van der Waals surface area contributed by atoms with Gasteiger partial charge in [0.15, 0.2) is 9.84 Å². The van der Waals surface area contributed by atoms with Crippen LogP contribution in [-0.4, -0.2) is 35.9 Å². The highest BCUT2D eigenvalue weighted by molar-refractivity contribution is 7.91. The minimum absolute atomic E-state index is 0.00208. The van der Waals surface area contributed by atoms with Gasteiger partial charge in [-0.15, -0.1) is 0 Å². The van der Waals surface area contributed by atoms with E-state index in [4.69, 9.17) is 0 Å². The van der Waals surface area contributed by atoms with Crippen LogP contribution in [-0.2, 0) is 14.6 Å². The molecule has 1 amide bonds. The molecule has 1 saturated heterocycles. The smallest absolute Gasteiger partial charge is 0.244 e. The Balaban J connectivity index is 1.76. The Labute approximate surface area is 154 Å². The number of nitrogens with one attached hydrogen (secondary N) is 1. The van der Waals surface area contributed by atoms with Gasteiger partial charge in [-0.1, -0.05) is 18.2 Å². The van der Waals surface area contributed by atoms with Crippen molar-refractivity contribution in [3.8, 4) is 5.69 Å². The van der Waals surface area contributed by atoms with Gasteiger partial charge in [0.05, 0.1) is 17.0 Å². The molecule has 0 saturated carbocycles. The van der Waals surface area contributed by atoms with Gasteiger partial charge in [0.1, 0.15) is 0 Å². The summed E-state index contributed by atoms with van der Waals surface area (Å²) in [5.74, 6) is -0.137. The average molecular weight is 372 g/mol. The summed E-state index contributed by atoms with van der Waals surface area (Å²) in [5.41, 5.74) is 3.50. The van der Waals surface area contributed by atoms with Crippen molar-refractivity contribution in [2.45, 2.75) is 32.7 Å². The Bertz CT molecular complexity index is 958. The normalized spacial score (nSPS) is 22.0. The third kappa shape index (κ3) is 3.90. The molecule has 0 spiro atoms. The molecule has 6 heteroatoms. The first-order valence-corrected chi connectivity index (χ1v) is 10.5. The van der Waals surface area contributed by atoms with Crippen LogP contribution in [0, 0.1) is 13.8 Å². The third-order valence-electron chi connectivity index (χ3n) is 4.83. The van der Waals surface area contributed by atoms with E-state index < -0.39 is 15.4 Å². The second-order valence-electron chi connectivity index (χ2n) is 7.22. The largest absolute Gasteiger partial charge is 0.346 e. The molecule has 3 rings (SSSR count). The van der Waals surface area contributed by atoms with Crippen LogP contribution < -0.4 is 5.32 Å². The predicted octanol–water partition coefficient (Wildman–Crippen LogP) is 2.80. The standard InChI is InChI=1S/C20H24N2O3S/c1-15-13-17(16(2)22(15)18-7-5-4-6-8-18)9-10-19(23)21-20(3)11-12-26(24,25)14-20/h4-10,13H,11-12,14H2,1-3H3,(H,21,23)/b10-9+. The Morgan fingerprint density at radius 3 is 2.54 bits per heavy atom. The third-order valence-corrected chi connectivity index (χ3v) is 6.73. The van der Waals surface area contributed by atoms with E-state index in [9.17, 15) is 13.2 Å². The SMILES string of the molecule is Cc1cc(/C=C/C(=O)NC2(C)CCS(=O)(=O)C2)c(C)n1-c1ccccc1. The highest BCUT2D eigenvalue weighted by atomic mass is 32.2. The maximum atomic E-state index is 12.3. The zero-order chi connectivity index (χ0) is 18.9. The molecule has 0 radical (unpaired) electrons. The van der Waals surface area contributed by atoms with Crippen LogP contribution in [0.5, 0.6) is 0 Å². The number of aromatic nitrogens is 1. The van der Waals surface area contributed by atoms with E-state index >= 15 is 0 Å². The Morgan fingerprint density at radius 1 is 1.23 bits per heavy atom. The molecule has 1 aliphatic rings. The number of hydrogen-bond donors (Lipinski definition) is 1. The molecule has 138 valence electrons. The molecule has 2 heterocycles. The van der Waals surface area contributed by atoms with Gasteiger partial charge in [-0.3, -0.25) is 4.79 Å². The molecule has 26 heavy (non-hydrogen) atoms. The molecule has 1 fully saturated rings. The van der Waals surface area contributed by atoms with E-state index in [0.717, 1.165) is 22.6 Å². The summed E-state index contributed by atoms with van der Waals surface area (Å²) < 4.78 is 25.5. The number of benzene rings is 1. The summed E-state index contributed by atoms with van der Waals surface area (Å²) in [6.45, 7) is 5.83. The Hall–Kier alpha value is -2.34. The number of carbonyl (C=O) groups is 1. The minimum atomic E-state index is -3.05. The highest BCUT2D eigenvalue weighted by Crippen LogP contribution is 2.24. The zero-order valence-electron chi connectivity index (χ0n) is 15.3. The lowest BCUT2D eigenvalue weighted by atomic mass is 10.0. The van der Waals surface area contributed by atoms with E-state index in [1.54, 1.807) is 13.0 Å². The molecule has 1 aromatic heterocycles. The summed E-state index contributed by atoms with van der Waals surface area (Å²) in [6.07, 6.45) is 3.72. The molecule has 1 atom stereocenters. The molecular weight excluding hydrogens is 348 g/mol. The van der Waals surface area contributed by atoms with Gasteiger partial charge in [0, 0.05) is 23.2 Å². The van der Waals surface area contributed by atoms with Gasteiger partial charge in [-0.25, -0.2) is 8.42 Å². The van der Waals surface area contributed by atoms with E-state index in [1.807, 2.05) is 50.2 Å². The van der Waals surface area contributed by atoms with Crippen molar-refractivity contribution < 1.29 is 13.2 Å². The molecule has 0 aliphatic carbocycles. The van der Waals surface area contributed by atoms with Crippen LogP contribution in [0.25, 0.3) is 11.8 Å². The van der Waals surface area contributed by atoms with E-state index in [2.05, 4.69) is 9.88 Å². The van der Waals surface area contributed by atoms with Gasteiger partial charge in [-0.05, 0) is 57.0 Å². The summed E-state index contributed by atoms with van der Waals surface area (Å²) in [7, 11) is -3.05. The highest BCUT2D eigenvalue weighted by Gasteiger charge is 2.39. The van der Waals surface area contributed by atoms with Crippen LogP contribution in [0.2, 0.25) is 0 Å². The zero-order valence-corrected chi connectivity index (χ0v) is 16.1. The molecule has 1 aliphatic heterocycles. The van der Waals surface area contributed by atoms with Crippen molar-refractivity contribution >= 4 is 21.8 Å². The summed E-state index contributed by atoms with van der Waals surface area (Å²) >= 11 is 0. The fourth-order valence-corrected chi connectivity index (χ4v) is 5.64. The van der Waals surface area contributed by atoms with Crippen LogP contribution in [0.15, 0.2) is 42.5 Å². The summed E-state index contributed by atoms with van der Waals surface area (Å²) in [5, 5.41) is 2.84. The maximum Gasteiger partial charge on any atom is 0.244 e. The maximum absolute atomic E-state index is 12.3. The van der Waals surface area contributed by atoms with Crippen LogP contribution in [0.3, 0.4) is 0 Å². The van der Waals surface area contributed by atoms with Crippen molar-refractivity contribution in [2.24, 2.45) is 0 Å². The van der Waals surface area contributed by atoms with Crippen molar-refractivity contribution in [3.63, 3.8) is 0 Å². The topological polar surface area (TPSA) is 68.2 Å². The summed E-state index contributed by atoms with van der Waals surface area (Å²) in [6, 6.07) is 12.1. The van der Waals surface area contributed by atoms with Crippen LogP contribution in [0.1, 0.15) is 30.3 Å². The lowest BCUT2D eigenvalue weighted by Gasteiger charge is -2.22. The van der Waals surface area contributed by atoms with Gasteiger partial charge in [0.2, 0.25) is 5.91 Å². The molecule has 5 nitrogen and oxygen atoms in total. The number of sulfone groups is 1. The van der Waals surface area contributed by atoms with Crippen molar-refractivity contribution in [1.29, 1.82) is 0 Å². The molecule has 0 bridgehead atoms. The van der Waals surface area contributed by atoms with Gasteiger partial charge in [-0.2, -0.15) is 0 Å². The number of amides is 1. The lowest BCUT2D eigenvalue weighted by molar-refractivity contribution is -0.117. The van der Waals surface area contributed by atoms with E-state index in [-0.39, 0.29) is 17.4 Å². The first kappa shape index (κ1) is 18.5. The van der Waals surface area contributed by atoms with Gasteiger partial charge in [0.25, 0.3) is 0 Å². The quantitative estimate of drug-likeness (QED) is 0.839. The second kappa shape index (κ2) is 6.76. The number of aryl methyl sites for hydroxylation is 1. The number of nitrogens with zero attached hydrogens (tertiary/aromatic N) is 1. The number of carbonyl (C=O) groups excluding carboxylic acids is 1. The molecule has 1 N–H and O–H groups in total. The molecular formula is C20H24N2O3S. The number of para-hydroxylation sites is 1. The first-order valence-electron chi connectivity index (χ1n) is 8.64. The van der Waals surface area contributed by atoms with Gasteiger partial charge < -0.3 is 9.88 Å². The van der Waals surface area contributed by atoms with Crippen molar-refractivity contribution in [3.05, 3.63) is 59.4 Å². The van der Waals surface area contributed by atoms with Crippen molar-refractivity contribution in [2.75, 3.05) is 11.5 Å². The fourth-order valence-electron chi connectivity index (χ4n) is 3.54. The van der Waals surface area contributed by atoms with Crippen LogP contribution >= 0.6 is 0 Å². The fraction of sp³-hybridized carbons (Fsp3) is 0.350. The summed E-state index contributed by atoms with van der Waals surface area (Å²) in [4.78, 5) is 12.3. The lowest BCUT2D eigenvalue weighted by Crippen LogP contribution is -2.46. The monoisotopic (exact) mass is 372 g/mol. The average Bonchev–Trinajstić information content (AvgIpc) is 3.01. The number of hydrogen-bond acceptors (Lipinski definition) is 3. The molecule has 1 unspecified atom stereocenters. The van der Waals surface area contributed by atoms with E-state index in [1.165, 1.54) is 6.08 Å². The predicted molar refractivity (Wildman–Crippen MR) is 104 cm³/mol. The molecule has 1 aromatic carbocycles. The minimum Gasteiger partial charge on any atom is -0.346 e.